The summed E-state index contributed by atoms with van der Waals surface area (Å²) in [6.45, 7) is 7.39. The Morgan fingerprint density at radius 3 is 3.10 bits per heavy atom. The Labute approximate surface area is 116 Å². The second-order valence-corrected chi connectivity index (χ2v) is 4.62. The lowest BCUT2D eigenvalue weighted by molar-refractivity contribution is 0.167. The molecule has 6 nitrogen and oxygen atoms in total. The molecule has 0 fully saturated rings. The Kier molecular flexibility index (Phi) is 4.37. The van der Waals surface area contributed by atoms with Crippen LogP contribution < -0.4 is 16.6 Å². The van der Waals surface area contributed by atoms with Crippen LogP contribution in [0, 0.1) is 0 Å². The predicted octanol–water partition coefficient (Wildman–Crippen LogP) is 1.51. The monoisotopic (exact) mass is 274 g/mol. The summed E-state index contributed by atoms with van der Waals surface area (Å²) >= 11 is 0. The van der Waals surface area contributed by atoms with Crippen LogP contribution in [0.3, 0.4) is 0 Å². The van der Waals surface area contributed by atoms with Crippen LogP contribution >= 0.6 is 0 Å². The maximum atomic E-state index is 11.6. The van der Waals surface area contributed by atoms with Crippen molar-refractivity contribution < 1.29 is 4.74 Å². The first-order valence-electron chi connectivity index (χ1n) is 6.31. The van der Waals surface area contributed by atoms with Gasteiger partial charge in [-0.1, -0.05) is 12.2 Å². The molecule has 1 aromatic carbocycles. The van der Waals surface area contributed by atoms with Crippen molar-refractivity contribution in [2.24, 2.45) is 0 Å². The zero-order valence-electron chi connectivity index (χ0n) is 11.4. The number of rotatable bonds is 6. The summed E-state index contributed by atoms with van der Waals surface area (Å²) in [7, 11) is 0. The summed E-state index contributed by atoms with van der Waals surface area (Å²) in [6, 6.07) is 3.39. The Morgan fingerprint density at radius 1 is 1.55 bits per heavy atom. The van der Waals surface area contributed by atoms with E-state index in [0.29, 0.717) is 36.3 Å². The van der Waals surface area contributed by atoms with E-state index >= 15 is 0 Å². The average Bonchev–Trinajstić information content (AvgIpc) is 2.40. The molecule has 0 amide bonds. The number of benzene rings is 1. The van der Waals surface area contributed by atoms with Crippen molar-refractivity contribution in [3.8, 4) is 0 Å². The molecule has 0 bridgehead atoms. The molecular weight excluding hydrogens is 256 g/mol. The van der Waals surface area contributed by atoms with Crippen molar-refractivity contribution in [1.29, 1.82) is 0 Å². The summed E-state index contributed by atoms with van der Waals surface area (Å²) in [5.74, 6) is 0. The van der Waals surface area contributed by atoms with Crippen molar-refractivity contribution >= 4 is 22.3 Å². The highest BCUT2D eigenvalue weighted by Crippen LogP contribution is 2.22. The molecule has 0 radical (unpaired) electrons. The van der Waals surface area contributed by atoms with Gasteiger partial charge in [-0.2, -0.15) is 0 Å². The maximum Gasteiger partial charge on any atom is 0.258 e. The van der Waals surface area contributed by atoms with Crippen molar-refractivity contribution in [3.63, 3.8) is 0 Å². The number of nitrogens with zero attached hydrogens (tertiary/aromatic N) is 1. The molecule has 1 heterocycles. The molecule has 0 aliphatic rings. The molecule has 0 saturated carbocycles. The van der Waals surface area contributed by atoms with Gasteiger partial charge in [0.2, 0.25) is 0 Å². The molecule has 0 saturated heterocycles. The zero-order valence-corrected chi connectivity index (χ0v) is 11.4. The van der Waals surface area contributed by atoms with Gasteiger partial charge in [0.15, 0.2) is 0 Å². The molecule has 4 N–H and O–H groups in total. The summed E-state index contributed by atoms with van der Waals surface area (Å²) in [6.07, 6.45) is 1.38. The van der Waals surface area contributed by atoms with Gasteiger partial charge in [-0.25, -0.2) is 4.98 Å². The minimum atomic E-state index is -0.196. The number of nitrogens with two attached hydrogens (primary N) is 1. The molecule has 6 heteroatoms. The van der Waals surface area contributed by atoms with E-state index in [1.54, 1.807) is 12.1 Å². The number of ether oxygens (including phenoxy) is 1. The number of fused-ring (bicyclic) bond motifs is 1. The van der Waals surface area contributed by atoms with Crippen LogP contribution in [0.2, 0.25) is 0 Å². The molecule has 0 aliphatic heterocycles. The normalized spacial score (nSPS) is 10.7. The summed E-state index contributed by atoms with van der Waals surface area (Å²) in [5, 5.41) is 3.65. The number of aromatic amines is 1. The number of hydrogen-bond donors (Lipinski definition) is 3. The van der Waals surface area contributed by atoms with E-state index in [2.05, 4.69) is 21.9 Å². The van der Waals surface area contributed by atoms with E-state index in [0.717, 1.165) is 11.3 Å². The molecular formula is C14H18N4O2. The van der Waals surface area contributed by atoms with Gasteiger partial charge in [-0.3, -0.25) is 4.79 Å². The van der Waals surface area contributed by atoms with E-state index in [-0.39, 0.29) is 5.56 Å². The third-order valence-corrected chi connectivity index (χ3v) is 2.72. The van der Waals surface area contributed by atoms with E-state index in [9.17, 15) is 4.79 Å². The van der Waals surface area contributed by atoms with Gasteiger partial charge >= 0.3 is 0 Å². The number of hydrogen-bond acceptors (Lipinski definition) is 5. The van der Waals surface area contributed by atoms with Crippen LogP contribution in [0.4, 0.5) is 11.4 Å². The van der Waals surface area contributed by atoms with Crippen molar-refractivity contribution in [3.05, 3.63) is 41.0 Å². The van der Waals surface area contributed by atoms with E-state index in [1.165, 1.54) is 6.33 Å². The number of aromatic nitrogens is 2. The number of anilines is 2. The second kappa shape index (κ2) is 6.21. The largest absolute Gasteiger partial charge is 0.397 e. The van der Waals surface area contributed by atoms with Gasteiger partial charge in [0.05, 0.1) is 41.8 Å². The lowest BCUT2D eigenvalue weighted by Gasteiger charge is -2.10. The van der Waals surface area contributed by atoms with Crippen LogP contribution in [0.15, 0.2) is 35.4 Å². The van der Waals surface area contributed by atoms with Crippen molar-refractivity contribution in [2.75, 3.05) is 30.8 Å². The Morgan fingerprint density at radius 2 is 2.35 bits per heavy atom. The van der Waals surface area contributed by atoms with Crippen LogP contribution in [0.1, 0.15) is 6.92 Å². The van der Waals surface area contributed by atoms with Gasteiger partial charge in [0.1, 0.15) is 0 Å². The van der Waals surface area contributed by atoms with E-state index in [1.807, 2.05) is 6.92 Å². The highest BCUT2D eigenvalue weighted by Gasteiger charge is 2.05. The van der Waals surface area contributed by atoms with E-state index < -0.39 is 0 Å². The third kappa shape index (κ3) is 3.36. The lowest BCUT2D eigenvalue weighted by Crippen LogP contribution is -2.12. The first-order chi connectivity index (χ1) is 9.58. The Balaban J connectivity index is 2.05. The quantitative estimate of drug-likeness (QED) is 0.422. The molecule has 0 spiro atoms. The summed E-state index contributed by atoms with van der Waals surface area (Å²) < 4.78 is 5.39. The van der Waals surface area contributed by atoms with Gasteiger partial charge in [-0.05, 0) is 19.1 Å². The zero-order chi connectivity index (χ0) is 14.5. The standard InChI is InChI=1S/C14H18N4O2/c1-9(2)7-20-4-3-16-13-6-12-10(5-11(13)15)14(19)18-8-17-12/h5-6,8,16H,1,3-4,7,15H2,2H3,(H,17,18,19). The topological polar surface area (TPSA) is 93.0 Å². The maximum absolute atomic E-state index is 11.6. The molecule has 2 rings (SSSR count). The fourth-order valence-electron chi connectivity index (χ4n) is 1.79. The minimum absolute atomic E-state index is 0.196. The van der Waals surface area contributed by atoms with Crippen LogP contribution in [-0.2, 0) is 4.74 Å². The van der Waals surface area contributed by atoms with Crippen LogP contribution in [-0.4, -0.2) is 29.7 Å². The first kappa shape index (κ1) is 14.1. The van der Waals surface area contributed by atoms with Gasteiger partial charge in [0.25, 0.3) is 5.56 Å². The average molecular weight is 274 g/mol. The van der Waals surface area contributed by atoms with Crippen LogP contribution in [0.25, 0.3) is 10.9 Å². The number of nitrogen functional groups attached to an aromatic ring is 1. The van der Waals surface area contributed by atoms with Gasteiger partial charge < -0.3 is 20.8 Å². The second-order valence-electron chi connectivity index (χ2n) is 4.62. The molecule has 0 aliphatic carbocycles. The fourth-order valence-corrected chi connectivity index (χ4v) is 1.79. The molecule has 106 valence electrons. The smallest absolute Gasteiger partial charge is 0.258 e. The Hall–Kier alpha value is -2.34. The summed E-state index contributed by atoms with van der Waals surface area (Å²) in [5.41, 5.74) is 8.57. The van der Waals surface area contributed by atoms with Crippen LogP contribution in [0.5, 0.6) is 0 Å². The molecule has 2 aromatic rings. The van der Waals surface area contributed by atoms with Gasteiger partial charge in [0, 0.05) is 6.54 Å². The SMILES string of the molecule is C=C(C)COCCNc1cc2nc[nH]c(=O)c2cc1N. The third-order valence-electron chi connectivity index (χ3n) is 2.72. The van der Waals surface area contributed by atoms with E-state index in [4.69, 9.17) is 10.5 Å². The minimum Gasteiger partial charge on any atom is -0.397 e. The summed E-state index contributed by atoms with van der Waals surface area (Å²) in [4.78, 5) is 18.2. The Bertz CT molecular complexity index is 678. The molecule has 0 atom stereocenters. The highest BCUT2D eigenvalue weighted by atomic mass is 16.5. The van der Waals surface area contributed by atoms with Crippen molar-refractivity contribution in [1.82, 2.24) is 9.97 Å². The highest BCUT2D eigenvalue weighted by molar-refractivity contribution is 5.88. The number of nitrogens with one attached hydrogen (secondary N) is 2. The molecule has 0 unspecified atom stereocenters. The lowest BCUT2D eigenvalue weighted by atomic mass is 10.2. The molecule has 1 aromatic heterocycles. The van der Waals surface area contributed by atoms with Crippen molar-refractivity contribution in [2.45, 2.75) is 6.92 Å². The molecule has 20 heavy (non-hydrogen) atoms. The number of H-pyrrole nitrogens is 1. The fraction of sp³-hybridized carbons (Fsp3) is 0.286. The first-order valence-corrected chi connectivity index (χ1v) is 6.31. The van der Waals surface area contributed by atoms with Gasteiger partial charge in [-0.15, -0.1) is 0 Å². The predicted molar refractivity (Wildman–Crippen MR) is 80.9 cm³/mol.